The van der Waals surface area contributed by atoms with E-state index in [4.69, 9.17) is 9.47 Å². The van der Waals surface area contributed by atoms with E-state index in [2.05, 4.69) is 0 Å². The van der Waals surface area contributed by atoms with Crippen LogP contribution >= 0.6 is 22.6 Å². The summed E-state index contributed by atoms with van der Waals surface area (Å²) in [6.45, 7) is 11.0. The number of esters is 1. The van der Waals surface area contributed by atoms with Gasteiger partial charge in [0, 0.05) is 0 Å². The van der Waals surface area contributed by atoms with Crippen LogP contribution in [0.2, 0.25) is 0 Å². The van der Waals surface area contributed by atoms with Crippen molar-refractivity contribution in [2.45, 2.75) is 47.1 Å². The molecule has 0 atom stereocenters. The molecule has 0 aliphatic heterocycles. The third-order valence-electron chi connectivity index (χ3n) is 2.69. The number of carbonyl (C=O) groups is 2. The molecule has 1 rings (SSSR count). The van der Waals surface area contributed by atoms with Gasteiger partial charge in [-0.05, 0) is 75.3 Å². The summed E-state index contributed by atoms with van der Waals surface area (Å²) in [6, 6.07) is 0. The number of halogens is 1. The predicted molar refractivity (Wildman–Crippen MR) is 84.2 cm³/mol. The average Bonchev–Trinajstić information content (AvgIpc) is 2.51. The van der Waals surface area contributed by atoms with Crippen LogP contribution in [0.3, 0.4) is 0 Å². The van der Waals surface area contributed by atoms with Crippen molar-refractivity contribution in [2.75, 3.05) is 6.61 Å². The van der Waals surface area contributed by atoms with Crippen molar-refractivity contribution in [2.24, 2.45) is 0 Å². The van der Waals surface area contributed by atoms with E-state index in [0.717, 1.165) is 11.1 Å². The van der Waals surface area contributed by atoms with E-state index in [1.807, 2.05) is 29.5 Å². The Balaban J connectivity index is 3.34. The molecule has 0 N–H and O–H groups in total. The van der Waals surface area contributed by atoms with Crippen molar-refractivity contribution in [1.29, 1.82) is 0 Å². The van der Waals surface area contributed by atoms with Crippen LogP contribution in [-0.4, -0.2) is 28.8 Å². The maximum atomic E-state index is 12.3. The summed E-state index contributed by atoms with van der Waals surface area (Å²) in [5.41, 5.74) is 1.22. The van der Waals surface area contributed by atoms with Crippen LogP contribution in [0, 0.1) is 17.5 Å². The molecule has 0 aromatic carbocycles. The van der Waals surface area contributed by atoms with Crippen molar-refractivity contribution in [3.63, 3.8) is 0 Å². The summed E-state index contributed by atoms with van der Waals surface area (Å²) >= 11 is 2.03. The lowest BCUT2D eigenvalue weighted by Crippen LogP contribution is -2.30. The zero-order valence-electron chi connectivity index (χ0n) is 12.7. The highest BCUT2D eigenvalue weighted by molar-refractivity contribution is 14.1. The Labute approximate surface area is 132 Å². The van der Waals surface area contributed by atoms with Gasteiger partial charge in [-0.25, -0.2) is 14.2 Å². The molecule has 112 valence electrons. The number of carbonyl (C=O) groups excluding carboxylic acids is 2. The van der Waals surface area contributed by atoms with Gasteiger partial charge in [-0.1, -0.05) is 0 Å². The molecule has 0 fully saturated rings. The number of hydrogen-bond acceptors (Lipinski definition) is 4. The Bertz CT molecular complexity index is 540. The molecule has 0 aliphatic rings. The zero-order chi connectivity index (χ0) is 15.7. The van der Waals surface area contributed by atoms with E-state index in [9.17, 15) is 9.59 Å². The van der Waals surface area contributed by atoms with Gasteiger partial charge < -0.3 is 9.47 Å². The number of nitrogens with zero attached hydrogens (tertiary/aromatic N) is 1. The number of hydrogen-bond donors (Lipinski definition) is 0. The molecule has 0 aliphatic carbocycles. The minimum absolute atomic E-state index is 0.239. The van der Waals surface area contributed by atoms with Gasteiger partial charge >= 0.3 is 12.1 Å². The van der Waals surface area contributed by atoms with Gasteiger partial charge in [0.25, 0.3) is 0 Å². The van der Waals surface area contributed by atoms with Crippen LogP contribution in [0.25, 0.3) is 0 Å². The summed E-state index contributed by atoms with van der Waals surface area (Å²) in [4.78, 5) is 24.4. The standard InChI is InChI=1S/C14H20INO4/c1-7-19-12(17)10-8(2)9(3)11(15)16(10)13(18)20-14(4,5)6/h7H2,1-6H3. The van der Waals surface area contributed by atoms with Crippen LogP contribution in [0.1, 0.15) is 49.3 Å². The molecule has 1 aromatic heterocycles. The Morgan fingerprint density at radius 3 is 2.20 bits per heavy atom. The maximum Gasteiger partial charge on any atom is 0.420 e. The fraction of sp³-hybridized carbons (Fsp3) is 0.571. The first-order valence-electron chi connectivity index (χ1n) is 6.38. The predicted octanol–water partition coefficient (Wildman–Crippen LogP) is 3.67. The highest BCUT2D eigenvalue weighted by atomic mass is 127. The number of aromatic nitrogens is 1. The summed E-state index contributed by atoms with van der Waals surface area (Å²) in [5, 5.41) is 0. The fourth-order valence-corrected chi connectivity index (χ4v) is 2.53. The van der Waals surface area contributed by atoms with Crippen LogP contribution < -0.4 is 0 Å². The largest absolute Gasteiger partial charge is 0.461 e. The third kappa shape index (κ3) is 3.53. The first-order valence-corrected chi connectivity index (χ1v) is 7.45. The second kappa shape index (κ2) is 6.15. The molecule has 0 unspecified atom stereocenters. The molecule has 5 nitrogen and oxygen atoms in total. The van der Waals surface area contributed by atoms with Crippen LogP contribution in [-0.2, 0) is 9.47 Å². The molecule has 1 aromatic rings. The molecular weight excluding hydrogens is 373 g/mol. The molecule has 0 saturated heterocycles. The molecule has 1 heterocycles. The van der Waals surface area contributed by atoms with Crippen molar-refractivity contribution < 1.29 is 19.1 Å². The van der Waals surface area contributed by atoms with Gasteiger partial charge in [0.2, 0.25) is 0 Å². The molecule has 20 heavy (non-hydrogen) atoms. The minimum atomic E-state index is -0.627. The van der Waals surface area contributed by atoms with E-state index >= 15 is 0 Å². The molecule has 6 heteroatoms. The van der Waals surface area contributed by atoms with Gasteiger partial charge in [0.15, 0.2) is 0 Å². The Morgan fingerprint density at radius 1 is 1.20 bits per heavy atom. The lowest BCUT2D eigenvalue weighted by Gasteiger charge is -2.20. The van der Waals surface area contributed by atoms with E-state index in [0.29, 0.717) is 3.70 Å². The lowest BCUT2D eigenvalue weighted by atomic mass is 10.2. The quantitative estimate of drug-likeness (QED) is 0.569. The Hall–Kier alpha value is -1.05. The minimum Gasteiger partial charge on any atom is -0.461 e. The molecule has 0 radical (unpaired) electrons. The van der Waals surface area contributed by atoms with E-state index in [-0.39, 0.29) is 12.3 Å². The summed E-state index contributed by atoms with van der Waals surface area (Å²) in [6.07, 6.45) is -0.568. The summed E-state index contributed by atoms with van der Waals surface area (Å²) in [5.74, 6) is -0.512. The zero-order valence-corrected chi connectivity index (χ0v) is 14.8. The van der Waals surface area contributed by atoms with E-state index in [1.165, 1.54) is 4.57 Å². The maximum absolute atomic E-state index is 12.3. The van der Waals surface area contributed by atoms with Crippen LogP contribution in [0.4, 0.5) is 4.79 Å². The SMILES string of the molecule is CCOC(=O)c1c(C)c(C)c(I)n1C(=O)OC(C)(C)C. The summed E-state index contributed by atoms with van der Waals surface area (Å²) < 4.78 is 12.3. The van der Waals surface area contributed by atoms with E-state index in [1.54, 1.807) is 34.6 Å². The van der Waals surface area contributed by atoms with Crippen molar-refractivity contribution in [3.05, 3.63) is 20.5 Å². The van der Waals surface area contributed by atoms with Crippen molar-refractivity contribution in [1.82, 2.24) is 4.57 Å². The van der Waals surface area contributed by atoms with Gasteiger partial charge in [-0.15, -0.1) is 0 Å². The number of ether oxygens (including phenoxy) is 2. The first kappa shape index (κ1) is 17.0. The monoisotopic (exact) mass is 393 g/mol. The molecular formula is C14H20INO4. The van der Waals surface area contributed by atoms with Crippen molar-refractivity contribution in [3.8, 4) is 0 Å². The van der Waals surface area contributed by atoms with Gasteiger partial charge in [-0.3, -0.25) is 0 Å². The number of rotatable bonds is 2. The second-order valence-electron chi connectivity index (χ2n) is 5.43. The van der Waals surface area contributed by atoms with Crippen LogP contribution in [0.5, 0.6) is 0 Å². The topological polar surface area (TPSA) is 57.5 Å². The van der Waals surface area contributed by atoms with Gasteiger partial charge in [0.05, 0.1) is 10.3 Å². The first-order chi connectivity index (χ1) is 9.10. The average molecular weight is 393 g/mol. The lowest BCUT2D eigenvalue weighted by molar-refractivity contribution is 0.0445. The van der Waals surface area contributed by atoms with Crippen LogP contribution in [0.15, 0.2) is 0 Å². The molecule has 0 saturated carbocycles. The van der Waals surface area contributed by atoms with E-state index < -0.39 is 17.7 Å². The molecule has 0 amide bonds. The second-order valence-corrected chi connectivity index (χ2v) is 6.45. The fourth-order valence-electron chi connectivity index (χ4n) is 1.69. The summed E-state index contributed by atoms with van der Waals surface area (Å²) in [7, 11) is 0. The van der Waals surface area contributed by atoms with Crippen molar-refractivity contribution >= 4 is 34.7 Å². The molecule has 0 bridgehead atoms. The Morgan fingerprint density at radius 2 is 1.75 bits per heavy atom. The molecule has 0 spiro atoms. The highest BCUT2D eigenvalue weighted by Crippen LogP contribution is 2.25. The highest BCUT2D eigenvalue weighted by Gasteiger charge is 2.29. The van der Waals surface area contributed by atoms with Gasteiger partial charge in [-0.2, -0.15) is 0 Å². The third-order valence-corrected chi connectivity index (χ3v) is 3.98. The normalized spacial score (nSPS) is 11.3. The Kier molecular flexibility index (Phi) is 5.23. The smallest absolute Gasteiger partial charge is 0.420 e. The van der Waals surface area contributed by atoms with Gasteiger partial charge in [0.1, 0.15) is 11.3 Å².